The zero-order chi connectivity index (χ0) is 16.4. The van der Waals surface area contributed by atoms with Gasteiger partial charge in [-0.2, -0.15) is 0 Å². The average molecular weight is 328 g/mol. The predicted molar refractivity (Wildman–Crippen MR) is 93.8 cm³/mol. The van der Waals surface area contributed by atoms with E-state index in [0.717, 1.165) is 5.56 Å². The van der Waals surface area contributed by atoms with Gasteiger partial charge in [0.25, 0.3) is 5.56 Å². The maximum atomic E-state index is 12.9. The van der Waals surface area contributed by atoms with E-state index in [1.54, 1.807) is 22.8 Å². The van der Waals surface area contributed by atoms with Gasteiger partial charge in [0, 0.05) is 5.02 Å². The molecule has 0 saturated heterocycles. The lowest BCUT2D eigenvalue weighted by Gasteiger charge is -2.17. The first-order valence-corrected chi connectivity index (χ1v) is 7.97. The average Bonchev–Trinajstić information content (AvgIpc) is 2.57. The monoisotopic (exact) mass is 327 g/mol. The normalized spacial score (nSPS) is 12.5. The van der Waals surface area contributed by atoms with Crippen molar-refractivity contribution in [1.82, 2.24) is 9.55 Å². The summed E-state index contributed by atoms with van der Waals surface area (Å²) in [6, 6.07) is 14.7. The van der Waals surface area contributed by atoms with Gasteiger partial charge in [0.1, 0.15) is 5.82 Å². The molecule has 3 rings (SSSR count). The van der Waals surface area contributed by atoms with Crippen LogP contribution in [-0.4, -0.2) is 9.55 Å². The Hall–Kier alpha value is -2.17. The molecule has 1 atom stereocenters. The number of fused-ring (bicyclic) bond motifs is 1. The lowest BCUT2D eigenvalue weighted by atomic mass is 10.1. The quantitative estimate of drug-likeness (QED) is 0.797. The Morgan fingerprint density at radius 3 is 2.65 bits per heavy atom. The molecule has 0 fully saturated rings. The molecule has 23 heavy (non-hydrogen) atoms. The van der Waals surface area contributed by atoms with Crippen LogP contribution in [0, 0.1) is 0 Å². The van der Waals surface area contributed by atoms with Crippen LogP contribution in [0.4, 0.5) is 0 Å². The number of nitrogens with zero attached hydrogens (tertiary/aromatic N) is 2. The van der Waals surface area contributed by atoms with Crippen LogP contribution in [-0.2, 0) is 6.54 Å². The molecule has 0 aliphatic rings. The third-order valence-corrected chi connectivity index (χ3v) is 4.14. The van der Waals surface area contributed by atoms with Crippen LogP contribution >= 0.6 is 11.6 Å². The maximum Gasteiger partial charge on any atom is 0.261 e. The summed E-state index contributed by atoms with van der Waals surface area (Å²) in [5.41, 5.74) is 7.73. The van der Waals surface area contributed by atoms with Crippen molar-refractivity contribution in [2.24, 2.45) is 5.73 Å². The number of aromatic nitrogens is 2. The van der Waals surface area contributed by atoms with Crippen LogP contribution in [0.1, 0.15) is 30.8 Å². The molecular weight excluding hydrogens is 310 g/mol. The molecule has 2 N–H and O–H groups in total. The summed E-state index contributed by atoms with van der Waals surface area (Å²) >= 11 is 6.03. The summed E-state index contributed by atoms with van der Waals surface area (Å²) in [5.74, 6) is 0.594. The van der Waals surface area contributed by atoms with Gasteiger partial charge < -0.3 is 5.73 Å². The Bertz CT molecular complexity index is 890. The maximum absolute atomic E-state index is 12.9. The molecular formula is C18H18ClN3O. The zero-order valence-corrected chi connectivity index (χ0v) is 13.6. The standard InChI is InChI=1S/C18H18ClN3O/c1-2-15(20)17-21-16-10-13(19)8-9-14(16)18(23)22(17)11-12-6-4-3-5-7-12/h3-10,15H,2,11,20H2,1H3. The minimum atomic E-state index is -0.296. The third-order valence-electron chi connectivity index (χ3n) is 3.90. The number of hydrogen-bond acceptors (Lipinski definition) is 3. The first kappa shape index (κ1) is 15.7. The molecule has 1 heterocycles. The van der Waals surface area contributed by atoms with E-state index >= 15 is 0 Å². The Balaban J connectivity index is 2.23. The summed E-state index contributed by atoms with van der Waals surface area (Å²) in [6.07, 6.45) is 0.702. The SMILES string of the molecule is CCC(N)c1nc2cc(Cl)ccc2c(=O)n1Cc1ccccc1. The van der Waals surface area contributed by atoms with Crippen LogP contribution in [0.5, 0.6) is 0 Å². The van der Waals surface area contributed by atoms with Gasteiger partial charge >= 0.3 is 0 Å². The van der Waals surface area contributed by atoms with Crippen molar-refractivity contribution in [3.63, 3.8) is 0 Å². The molecule has 4 nitrogen and oxygen atoms in total. The van der Waals surface area contributed by atoms with Gasteiger partial charge in [-0.25, -0.2) is 4.98 Å². The first-order chi connectivity index (χ1) is 11.1. The molecule has 0 aliphatic carbocycles. The number of rotatable bonds is 4. The Morgan fingerprint density at radius 1 is 1.22 bits per heavy atom. The van der Waals surface area contributed by atoms with Crippen molar-refractivity contribution in [2.45, 2.75) is 25.9 Å². The van der Waals surface area contributed by atoms with E-state index in [-0.39, 0.29) is 11.6 Å². The van der Waals surface area contributed by atoms with Crippen molar-refractivity contribution >= 4 is 22.5 Å². The van der Waals surface area contributed by atoms with Gasteiger partial charge in [-0.3, -0.25) is 9.36 Å². The summed E-state index contributed by atoms with van der Waals surface area (Å²) in [7, 11) is 0. The number of nitrogens with two attached hydrogens (primary N) is 1. The van der Waals surface area contributed by atoms with Crippen molar-refractivity contribution in [1.29, 1.82) is 0 Å². The highest BCUT2D eigenvalue weighted by molar-refractivity contribution is 6.31. The second kappa shape index (κ2) is 6.52. The lowest BCUT2D eigenvalue weighted by Crippen LogP contribution is -2.30. The molecule has 0 saturated carbocycles. The van der Waals surface area contributed by atoms with E-state index in [1.807, 2.05) is 37.3 Å². The van der Waals surface area contributed by atoms with Crippen molar-refractivity contribution < 1.29 is 0 Å². The fourth-order valence-corrected chi connectivity index (χ4v) is 2.76. The van der Waals surface area contributed by atoms with Crippen LogP contribution in [0.15, 0.2) is 53.3 Å². The number of halogens is 1. The van der Waals surface area contributed by atoms with E-state index in [0.29, 0.717) is 34.7 Å². The highest BCUT2D eigenvalue weighted by atomic mass is 35.5. The molecule has 0 aliphatic heterocycles. The topological polar surface area (TPSA) is 60.9 Å². The Labute approximate surface area is 139 Å². The summed E-state index contributed by atoms with van der Waals surface area (Å²) in [4.78, 5) is 17.5. The molecule has 5 heteroatoms. The predicted octanol–water partition coefficient (Wildman–Crippen LogP) is 3.51. The van der Waals surface area contributed by atoms with Crippen LogP contribution < -0.4 is 11.3 Å². The largest absolute Gasteiger partial charge is 0.321 e. The third kappa shape index (κ3) is 3.14. The molecule has 1 aromatic heterocycles. The molecule has 118 valence electrons. The van der Waals surface area contributed by atoms with Gasteiger partial charge in [0.05, 0.1) is 23.5 Å². The molecule has 0 bridgehead atoms. The highest BCUT2D eigenvalue weighted by Gasteiger charge is 2.16. The highest BCUT2D eigenvalue weighted by Crippen LogP contribution is 2.19. The zero-order valence-electron chi connectivity index (χ0n) is 12.9. The van der Waals surface area contributed by atoms with Crippen molar-refractivity contribution in [3.8, 4) is 0 Å². The summed E-state index contributed by atoms with van der Waals surface area (Å²) < 4.78 is 1.67. The van der Waals surface area contributed by atoms with E-state index in [4.69, 9.17) is 17.3 Å². The van der Waals surface area contributed by atoms with Gasteiger partial charge in [-0.05, 0) is 30.2 Å². The fourth-order valence-electron chi connectivity index (χ4n) is 2.60. The van der Waals surface area contributed by atoms with Crippen LogP contribution in [0.3, 0.4) is 0 Å². The number of benzene rings is 2. The van der Waals surface area contributed by atoms with E-state index in [9.17, 15) is 4.79 Å². The lowest BCUT2D eigenvalue weighted by molar-refractivity contribution is 0.576. The van der Waals surface area contributed by atoms with Gasteiger partial charge in [0.2, 0.25) is 0 Å². The minimum Gasteiger partial charge on any atom is -0.321 e. The molecule has 0 amide bonds. The molecule has 3 aromatic rings. The smallest absolute Gasteiger partial charge is 0.261 e. The summed E-state index contributed by atoms with van der Waals surface area (Å²) in [5, 5.41) is 1.11. The Kier molecular flexibility index (Phi) is 4.46. The van der Waals surface area contributed by atoms with E-state index in [2.05, 4.69) is 4.98 Å². The molecule has 0 radical (unpaired) electrons. The molecule has 2 aromatic carbocycles. The van der Waals surface area contributed by atoms with Gasteiger partial charge in [-0.15, -0.1) is 0 Å². The van der Waals surface area contributed by atoms with E-state index < -0.39 is 0 Å². The molecule has 0 spiro atoms. The number of hydrogen-bond donors (Lipinski definition) is 1. The fraction of sp³-hybridized carbons (Fsp3) is 0.222. The van der Waals surface area contributed by atoms with Gasteiger partial charge in [-0.1, -0.05) is 48.9 Å². The molecule has 1 unspecified atom stereocenters. The van der Waals surface area contributed by atoms with E-state index in [1.165, 1.54) is 0 Å². The minimum absolute atomic E-state index is 0.0885. The van der Waals surface area contributed by atoms with Crippen LogP contribution in [0.2, 0.25) is 5.02 Å². The first-order valence-electron chi connectivity index (χ1n) is 7.59. The second-order valence-electron chi connectivity index (χ2n) is 5.52. The van der Waals surface area contributed by atoms with Gasteiger partial charge in [0.15, 0.2) is 0 Å². The van der Waals surface area contributed by atoms with Crippen molar-refractivity contribution in [2.75, 3.05) is 0 Å². The summed E-state index contributed by atoms with van der Waals surface area (Å²) in [6.45, 7) is 2.43. The Morgan fingerprint density at radius 2 is 1.96 bits per heavy atom. The van der Waals surface area contributed by atoms with Crippen molar-refractivity contribution in [3.05, 3.63) is 75.3 Å². The second-order valence-corrected chi connectivity index (χ2v) is 5.96. The van der Waals surface area contributed by atoms with Crippen LogP contribution in [0.25, 0.3) is 10.9 Å².